The summed E-state index contributed by atoms with van der Waals surface area (Å²) in [7, 11) is 0. The number of allylic oxidation sites excluding steroid dienone is 8. The zero-order chi connectivity index (χ0) is 32.0. The highest BCUT2D eigenvalue weighted by Gasteiger charge is 2.13. The Hall–Kier alpha value is -1.65. The molecule has 1 N–H and O–H groups in total. The molecule has 0 spiro atoms. The van der Waals surface area contributed by atoms with Gasteiger partial charge in [-0.2, -0.15) is 0 Å². The van der Waals surface area contributed by atoms with E-state index in [2.05, 4.69) is 62.5 Å². The lowest BCUT2D eigenvalue weighted by Crippen LogP contribution is -2.27. The molecule has 0 radical (unpaired) electrons. The molecule has 44 heavy (non-hydrogen) atoms. The number of carbonyl (C=O) groups excluding carboxylic acids is 1. The fourth-order valence-corrected chi connectivity index (χ4v) is 5.16. The molecule has 4 nitrogen and oxygen atoms in total. The molecule has 0 aromatic rings. The van der Waals surface area contributed by atoms with Crippen LogP contribution in [0.3, 0.4) is 0 Å². The first-order chi connectivity index (χ1) is 21.7. The van der Waals surface area contributed by atoms with Crippen LogP contribution in [0.4, 0.5) is 0 Å². The van der Waals surface area contributed by atoms with Crippen molar-refractivity contribution in [1.29, 1.82) is 0 Å². The van der Waals surface area contributed by atoms with Crippen LogP contribution in [0.5, 0.6) is 0 Å². The zero-order valence-corrected chi connectivity index (χ0v) is 29.2. The van der Waals surface area contributed by atoms with E-state index in [0.29, 0.717) is 13.0 Å². The number of aliphatic hydroxyl groups excluding tert-OH is 1. The summed E-state index contributed by atoms with van der Waals surface area (Å²) < 4.78 is 11.1. The molecule has 0 rings (SSSR count). The van der Waals surface area contributed by atoms with Crippen LogP contribution in [-0.2, 0) is 14.3 Å². The van der Waals surface area contributed by atoms with Crippen molar-refractivity contribution < 1.29 is 19.4 Å². The van der Waals surface area contributed by atoms with Crippen molar-refractivity contribution in [2.75, 3.05) is 19.8 Å². The van der Waals surface area contributed by atoms with Crippen LogP contribution in [0.2, 0.25) is 0 Å². The third-order valence-corrected chi connectivity index (χ3v) is 7.92. The van der Waals surface area contributed by atoms with Gasteiger partial charge in [0.1, 0.15) is 6.10 Å². The van der Waals surface area contributed by atoms with Gasteiger partial charge >= 0.3 is 5.97 Å². The Morgan fingerprint density at radius 3 is 1.45 bits per heavy atom. The molecule has 0 aromatic heterocycles. The number of rotatable bonds is 34. The molecule has 0 aliphatic heterocycles. The lowest BCUT2D eigenvalue weighted by atomic mass is 10.0. The van der Waals surface area contributed by atoms with Gasteiger partial charge in [0, 0.05) is 13.0 Å². The van der Waals surface area contributed by atoms with Gasteiger partial charge in [0.25, 0.3) is 0 Å². The van der Waals surface area contributed by atoms with E-state index in [1.54, 1.807) is 0 Å². The average molecular weight is 617 g/mol. The number of ether oxygens (including phenoxy) is 2. The smallest absolute Gasteiger partial charge is 0.306 e. The molecule has 1 unspecified atom stereocenters. The fraction of sp³-hybridized carbons (Fsp3) is 0.775. The summed E-state index contributed by atoms with van der Waals surface area (Å²) in [6.07, 6.45) is 47.4. The second-order valence-corrected chi connectivity index (χ2v) is 12.3. The van der Waals surface area contributed by atoms with Gasteiger partial charge in [-0.25, -0.2) is 0 Å². The quantitative estimate of drug-likeness (QED) is 0.0444. The van der Waals surface area contributed by atoms with Crippen LogP contribution in [0, 0.1) is 0 Å². The molecule has 256 valence electrons. The summed E-state index contributed by atoms with van der Waals surface area (Å²) >= 11 is 0. The second kappa shape index (κ2) is 37.5. The summed E-state index contributed by atoms with van der Waals surface area (Å²) in [6, 6.07) is 0. The van der Waals surface area contributed by atoms with E-state index in [0.717, 1.165) is 51.4 Å². The van der Waals surface area contributed by atoms with Gasteiger partial charge in [0.15, 0.2) is 0 Å². The lowest BCUT2D eigenvalue weighted by Gasteiger charge is -2.15. The molecule has 0 amide bonds. The number of unbranched alkanes of at least 4 members (excludes halogenated alkanes) is 18. The van der Waals surface area contributed by atoms with E-state index in [9.17, 15) is 9.90 Å². The van der Waals surface area contributed by atoms with Crippen molar-refractivity contribution in [3.8, 4) is 0 Å². The van der Waals surface area contributed by atoms with Gasteiger partial charge in [-0.3, -0.25) is 4.79 Å². The van der Waals surface area contributed by atoms with E-state index in [1.807, 2.05) is 0 Å². The van der Waals surface area contributed by atoms with E-state index < -0.39 is 6.10 Å². The van der Waals surface area contributed by atoms with Gasteiger partial charge in [-0.05, 0) is 44.9 Å². The van der Waals surface area contributed by atoms with Gasteiger partial charge in [-0.1, -0.05) is 172 Å². The number of aliphatic hydroxyl groups is 1. The van der Waals surface area contributed by atoms with Crippen LogP contribution >= 0.6 is 0 Å². The molecule has 0 aliphatic rings. The highest BCUT2D eigenvalue weighted by atomic mass is 16.6. The van der Waals surface area contributed by atoms with Gasteiger partial charge in [-0.15, -0.1) is 0 Å². The molecular formula is C40H72O4. The first-order valence-corrected chi connectivity index (χ1v) is 18.7. The molecule has 0 aliphatic carbocycles. The minimum Gasteiger partial charge on any atom is -0.457 e. The Labute approximate surface area is 273 Å². The van der Waals surface area contributed by atoms with E-state index in [1.165, 1.54) is 103 Å². The molecule has 0 heterocycles. The Kier molecular flexibility index (Phi) is 36.1. The van der Waals surface area contributed by atoms with Crippen LogP contribution < -0.4 is 0 Å². The predicted molar refractivity (Wildman–Crippen MR) is 191 cm³/mol. The minimum atomic E-state index is -0.560. The maximum absolute atomic E-state index is 12.1. The monoisotopic (exact) mass is 617 g/mol. The largest absolute Gasteiger partial charge is 0.457 e. The minimum absolute atomic E-state index is 0.193. The Balaban J connectivity index is 3.49. The number of hydrogen-bond donors (Lipinski definition) is 1. The second-order valence-electron chi connectivity index (χ2n) is 12.3. The number of carbonyl (C=O) groups is 1. The standard InChI is InChI=1S/C40H72O4/c1-3-5-7-9-11-13-15-17-19-20-21-22-23-25-27-29-31-33-35-40(42)44-39(37-41)38-43-36-34-32-30-28-26-24-18-16-14-12-10-8-6-4-2/h6,8,12,14,18,24,28,30,39,41H,3-5,7,9-11,13,15-17,19-23,25-27,29,31-38H2,1-2H3/b8-6-,14-12-,24-18-,30-28-. The Morgan fingerprint density at radius 1 is 0.568 bits per heavy atom. The van der Waals surface area contributed by atoms with Crippen LogP contribution in [-0.4, -0.2) is 37.0 Å². The maximum atomic E-state index is 12.1. The number of hydrogen-bond acceptors (Lipinski definition) is 4. The fourth-order valence-electron chi connectivity index (χ4n) is 5.16. The maximum Gasteiger partial charge on any atom is 0.306 e. The van der Waals surface area contributed by atoms with Crippen molar-refractivity contribution in [2.45, 2.75) is 180 Å². The van der Waals surface area contributed by atoms with Crippen molar-refractivity contribution in [2.24, 2.45) is 0 Å². The van der Waals surface area contributed by atoms with Gasteiger partial charge in [0.05, 0.1) is 13.2 Å². The van der Waals surface area contributed by atoms with Crippen LogP contribution in [0.1, 0.15) is 174 Å². The third kappa shape index (κ3) is 34.8. The summed E-state index contributed by atoms with van der Waals surface area (Å²) in [5.41, 5.74) is 0. The first kappa shape index (κ1) is 42.3. The molecule has 0 aromatic carbocycles. The highest BCUT2D eigenvalue weighted by molar-refractivity contribution is 5.69. The van der Waals surface area contributed by atoms with Crippen LogP contribution in [0.25, 0.3) is 0 Å². The van der Waals surface area contributed by atoms with E-state index in [-0.39, 0.29) is 19.2 Å². The van der Waals surface area contributed by atoms with Crippen molar-refractivity contribution in [3.05, 3.63) is 48.6 Å². The number of esters is 1. The average Bonchev–Trinajstić information content (AvgIpc) is 3.03. The van der Waals surface area contributed by atoms with Crippen LogP contribution in [0.15, 0.2) is 48.6 Å². The summed E-state index contributed by atoms with van der Waals surface area (Å²) in [4.78, 5) is 12.1. The molecule has 0 saturated carbocycles. The summed E-state index contributed by atoms with van der Waals surface area (Å²) in [6.45, 7) is 5.10. The van der Waals surface area contributed by atoms with Crippen molar-refractivity contribution in [3.63, 3.8) is 0 Å². The van der Waals surface area contributed by atoms with Gasteiger partial charge in [0.2, 0.25) is 0 Å². The topological polar surface area (TPSA) is 55.8 Å². The summed E-state index contributed by atoms with van der Waals surface area (Å²) in [5.74, 6) is -0.219. The molecule has 0 saturated heterocycles. The van der Waals surface area contributed by atoms with Gasteiger partial charge < -0.3 is 14.6 Å². The summed E-state index contributed by atoms with van der Waals surface area (Å²) in [5, 5.41) is 9.55. The Bertz CT molecular complexity index is 693. The van der Waals surface area contributed by atoms with E-state index >= 15 is 0 Å². The van der Waals surface area contributed by atoms with Crippen molar-refractivity contribution in [1.82, 2.24) is 0 Å². The molecule has 0 bridgehead atoms. The predicted octanol–water partition coefficient (Wildman–Crippen LogP) is 11.9. The third-order valence-electron chi connectivity index (χ3n) is 7.92. The molecule has 1 atom stereocenters. The zero-order valence-electron chi connectivity index (χ0n) is 29.2. The molecule has 4 heteroatoms. The van der Waals surface area contributed by atoms with E-state index in [4.69, 9.17) is 9.47 Å². The molecular weight excluding hydrogens is 544 g/mol. The lowest BCUT2D eigenvalue weighted by molar-refractivity contribution is -0.154. The highest BCUT2D eigenvalue weighted by Crippen LogP contribution is 2.15. The van der Waals surface area contributed by atoms with Crippen molar-refractivity contribution >= 4 is 5.97 Å². The molecule has 0 fully saturated rings. The normalized spacial score (nSPS) is 12.9. The SMILES string of the molecule is CC/C=C\C/C=C\C/C=C\C/C=C\CCCOCC(CO)OC(=O)CCCCCCCCCCCCCCCCCCCC. The first-order valence-electron chi connectivity index (χ1n) is 18.7. The Morgan fingerprint density at radius 2 is 1.00 bits per heavy atom.